The van der Waals surface area contributed by atoms with E-state index in [4.69, 9.17) is 5.73 Å². The largest absolute Gasteiger partial charge is 0.369 e. The van der Waals surface area contributed by atoms with E-state index < -0.39 is 0 Å². The summed E-state index contributed by atoms with van der Waals surface area (Å²) in [4.78, 5) is 17.4. The van der Waals surface area contributed by atoms with Crippen LogP contribution in [0.15, 0.2) is 18.2 Å². The van der Waals surface area contributed by atoms with Crippen molar-refractivity contribution in [2.24, 2.45) is 0 Å². The van der Waals surface area contributed by atoms with Crippen molar-refractivity contribution in [1.82, 2.24) is 9.97 Å². The van der Waals surface area contributed by atoms with E-state index in [1.807, 2.05) is 6.07 Å². The highest BCUT2D eigenvalue weighted by Crippen LogP contribution is 2.15. The van der Waals surface area contributed by atoms with Crippen molar-refractivity contribution in [3.63, 3.8) is 0 Å². The average Bonchev–Trinajstić information content (AvgIpc) is 2.44. The highest BCUT2D eigenvalue weighted by molar-refractivity contribution is 5.94. The molecule has 1 heterocycles. The Labute approximate surface area is 68.4 Å². The molecule has 0 bridgehead atoms. The number of rotatable bonds is 1. The first kappa shape index (κ1) is 6.84. The monoisotopic (exact) mass is 161 g/mol. The number of hydrogen-bond acceptors (Lipinski definition) is 3. The Morgan fingerprint density at radius 2 is 2.33 bits per heavy atom. The number of hydrogen-bond donors (Lipinski definition) is 2. The topological polar surface area (TPSA) is 71.8 Å². The normalized spacial score (nSPS) is 10.3. The number of fused-ring (bicyclic) bond motifs is 1. The minimum absolute atomic E-state index is 0.333. The van der Waals surface area contributed by atoms with Gasteiger partial charge in [0, 0.05) is 5.56 Å². The van der Waals surface area contributed by atoms with Gasteiger partial charge in [-0.25, -0.2) is 4.98 Å². The summed E-state index contributed by atoms with van der Waals surface area (Å²) in [6.45, 7) is 0. The molecule has 0 aliphatic rings. The van der Waals surface area contributed by atoms with Gasteiger partial charge in [-0.1, -0.05) is 6.07 Å². The molecule has 0 fully saturated rings. The van der Waals surface area contributed by atoms with Gasteiger partial charge in [0.05, 0.1) is 5.52 Å². The second-order valence-electron chi connectivity index (χ2n) is 2.48. The van der Waals surface area contributed by atoms with Gasteiger partial charge in [-0.3, -0.25) is 4.79 Å². The zero-order valence-electron chi connectivity index (χ0n) is 6.24. The third kappa shape index (κ3) is 0.852. The molecule has 0 radical (unpaired) electrons. The second kappa shape index (κ2) is 2.34. The molecule has 0 atom stereocenters. The zero-order chi connectivity index (χ0) is 8.55. The highest BCUT2D eigenvalue weighted by Gasteiger charge is 2.03. The predicted octanol–water partition coefficient (Wildman–Crippen LogP) is 0.958. The number of carbonyl (C=O) groups is 1. The van der Waals surface area contributed by atoms with Crippen LogP contribution in [-0.4, -0.2) is 16.3 Å². The van der Waals surface area contributed by atoms with E-state index in [0.717, 1.165) is 11.8 Å². The number of nitrogens with zero attached hydrogens (tertiary/aromatic N) is 1. The van der Waals surface area contributed by atoms with E-state index in [-0.39, 0.29) is 0 Å². The number of aldehydes is 1. The number of nitrogens with two attached hydrogens (primary N) is 1. The van der Waals surface area contributed by atoms with Crippen molar-refractivity contribution in [3.05, 3.63) is 23.8 Å². The number of imidazole rings is 1. The van der Waals surface area contributed by atoms with Crippen molar-refractivity contribution < 1.29 is 4.79 Å². The smallest absolute Gasteiger partial charge is 0.198 e. The van der Waals surface area contributed by atoms with Crippen molar-refractivity contribution >= 4 is 23.3 Å². The predicted molar refractivity (Wildman–Crippen MR) is 45.9 cm³/mol. The van der Waals surface area contributed by atoms with E-state index in [1.165, 1.54) is 0 Å². The van der Waals surface area contributed by atoms with Crippen LogP contribution in [-0.2, 0) is 0 Å². The van der Waals surface area contributed by atoms with Crippen LogP contribution in [0.4, 0.5) is 5.95 Å². The van der Waals surface area contributed by atoms with Gasteiger partial charge in [-0.15, -0.1) is 0 Å². The fourth-order valence-electron chi connectivity index (χ4n) is 1.17. The SMILES string of the molecule is Nc1nc2c(C=O)cccc2[nH]1. The first-order chi connectivity index (χ1) is 5.81. The van der Waals surface area contributed by atoms with Crippen LogP contribution >= 0.6 is 0 Å². The van der Waals surface area contributed by atoms with E-state index >= 15 is 0 Å². The van der Waals surface area contributed by atoms with Crippen molar-refractivity contribution in [2.75, 3.05) is 5.73 Å². The Bertz CT molecular complexity index is 433. The lowest BCUT2D eigenvalue weighted by Crippen LogP contribution is -1.85. The number of anilines is 1. The van der Waals surface area contributed by atoms with Gasteiger partial charge in [0.25, 0.3) is 0 Å². The maximum atomic E-state index is 10.5. The number of aromatic nitrogens is 2. The third-order valence-corrected chi connectivity index (χ3v) is 1.69. The first-order valence-corrected chi connectivity index (χ1v) is 3.50. The molecule has 0 spiro atoms. The van der Waals surface area contributed by atoms with E-state index in [9.17, 15) is 4.79 Å². The van der Waals surface area contributed by atoms with Gasteiger partial charge in [0.15, 0.2) is 12.2 Å². The molecule has 0 saturated carbocycles. The van der Waals surface area contributed by atoms with Crippen LogP contribution in [0.25, 0.3) is 11.0 Å². The minimum Gasteiger partial charge on any atom is -0.369 e. The number of nitrogen functional groups attached to an aromatic ring is 1. The molecule has 2 aromatic rings. The Balaban J connectivity index is 2.86. The molecule has 12 heavy (non-hydrogen) atoms. The highest BCUT2D eigenvalue weighted by atomic mass is 16.1. The van der Waals surface area contributed by atoms with Gasteiger partial charge >= 0.3 is 0 Å². The molecule has 0 saturated heterocycles. The molecule has 60 valence electrons. The Hall–Kier alpha value is -1.84. The molecule has 0 aliphatic heterocycles. The Morgan fingerprint density at radius 1 is 1.50 bits per heavy atom. The van der Waals surface area contributed by atoms with Gasteiger partial charge in [-0.2, -0.15) is 0 Å². The summed E-state index contributed by atoms with van der Waals surface area (Å²) < 4.78 is 0. The van der Waals surface area contributed by atoms with Crippen molar-refractivity contribution in [2.45, 2.75) is 0 Å². The maximum Gasteiger partial charge on any atom is 0.198 e. The fraction of sp³-hybridized carbons (Fsp3) is 0. The summed E-state index contributed by atoms with van der Waals surface area (Å²) in [5, 5.41) is 0. The summed E-state index contributed by atoms with van der Waals surface area (Å²) in [5.74, 6) is 0.333. The van der Waals surface area contributed by atoms with Crippen LogP contribution in [0, 0.1) is 0 Å². The van der Waals surface area contributed by atoms with Crippen LogP contribution in [0.2, 0.25) is 0 Å². The summed E-state index contributed by atoms with van der Waals surface area (Å²) >= 11 is 0. The third-order valence-electron chi connectivity index (χ3n) is 1.69. The fourth-order valence-corrected chi connectivity index (χ4v) is 1.17. The van der Waals surface area contributed by atoms with E-state index in [1.54, 1.807) is 12.1 Å². The molecule has 0 amide bonds. The van der Waals surface area contributed by atoms with Crippen LogP contribution in [0.1, 0.15) is 10.4 Å². The first-order valence-electron chi connectivity index (χ1n) is 3.50. The molecule has 4 nitrogen and oxygen atoms in total. The van der Waals surface area contributed by atoms with Crippen LogP contribution < -0.4 is 5.73 Å². The number of benzene rings is 1. The lowest BCUT2D eigenvalue weighted by Gasteiger charge is -1.89. The maximum absolute atomic E-state index is 10.5. The van der Waals surface area contributed by atoms with E-state index in [2.05, 4.69) is 9.97 Å². The number of H-pyrrole nitrogens is 1. The summed E-state index contributed by atoms with van der Waals surface area (Å²) in [6, 6.07) is 5.31. The molecule has 0 aliphatic carbocycles. The van der Waals surface area contributed by atoms with Gasteiger partial charge < -0.3 is 10.7 Å². The molecule has 2 rings (SSSR count). The molecular formula is C8H7N3O. The van der Waals surface area contributed by atoms with Gasteiger partial charge in [0.1, 0.15) is 5.52 Å². The molecular weight excluding hydrogens is 154 g/mol. The number of para-hydroxylation sites is 1. The zero-order valence-corrected chi connectivity index (χ0v) is 6.24. The number of aromatic amines is 1. The average molecular weight is 161 g/mol. The number of nitrogens with one attached hydrogen (secondary N) is 1. The molecule has 3 N–H and O–H groups in total. The summed E-state index contributed by atoms with van der Waals surface area (Å²) in [7, 11) is 0. The Kier molecular flexibility index (Phi) is 1.33. The molecule has 4 heteroatoms. The molecule has 0 unspecified atom stereocenters. The standard InChI is InChI=1S/C8H7N3O/c9-8-10-6-3-1-2-5(4-12)7(6)11-8/h1-4H,(H3,9,10,11). The summed E-state index contributed by atoms with van der Waals surface area (Å²) in [5.41, 5.74) is 7.41. The second-order valence-corrected chi connectivity index (χ2v) is 2.48. The number of carbonyl (C=O) groups excluding carboxylic acids is 1. The molecule has 1 aromatic carbocycles. The van der Waals surface area contributed by atoms with Crippen LogP contribution in [0.3, 0.4) is 0 Å². The van der Waals surface area contributed by atoms with Crippen molar-refractivity contribution in [3.8, 4) is 0 Å². The van der Waals surface area contributed by atoms with Crippen molar-refractivity contribution in [1.29, 1.82) is 0 Å². The minimum atomic E-state index is 0.333. The van der Waals surface area contributed by atoms with E-state index in [0.29, 0.717) is 17.0 Å². The quantitative estimate of drug-likeness (QED) is 0.612. The van der Waals surface area contributed by atoms with Crippen LogP contribution in [0.5, 0.6) is 0 Å². The lowest BCUT2D eigenvalue weighted by atomic mass is 10.2. The molecule has 1 aromatic heterocycles. The Morgan fingerprint density at radius 3 is 3.08 bits per heavy atom. The summed E-state index contributed by atoms with van der Waals surface area (Å²) in [6.07, 6.45) is 0.766. The van der Waals surface area contributed by atoms with Gasteiger partial charge in [0.2, 0.25) is 0 Å². The lowest BCUT2D eigenvalue weighted by molar-refractivity contribution is 0.112. The van der Waals surface area contributed by atoms with Gasteiger partial charge in [-0.05, 0) is 12.1 Å².